The van der Waals surface area contributed by atoms with Crippen LogP contribution in [0, 0.1) is 5.92 Å². The van der Waals surface area contributed by atoms with Crippen LogP contribution in [0.2, 0.25) is 0 Å². The second-order valence-corrected chi connectivity index (χ2v) is 5.84. The summed E-state index contributed by atoms with van der Waals surface area (Å²) < 4.78 is 5.16. The van der Waals surface area contributed by atoms with E-state index in [4.69, 9.17) is 9.84 Å². The summed E-state index contributed by atoms with van der Waals surface area (Å²) in [4.78, 5) is 35.6. The molecule has 0 aromatic carbocycles. The van der Waals surface area contributed by atoms with Crippen LogP contribution in [0.25, 0.3) is 0 Å². The van der Waals surface area contributed by atoms with Crippen LogP contribution in [0.5, 0.6) is 0 Å². The molecule has 3 unspecified atom stereocenters. The average Bonchev–Trinajstić information content (AvgIpc) is 2.49. The van der Waals surface area contributed by atoms with Crippen LogP contribution in [0.15, 0.2) is 12.2 Å². The average molecular weight is 326 g/mol. The van der Waals surface area contributed by atoms with E-state index in [9.17, 15) is 14.4 Å². The molecule has 2 amide bonds. The number of allylic oxidation sites excluding steroid dienone is 2. The molecule has 1 heterocycles. The highest BCUT2D eigenvalue weighted by atomic mass is 16.5. The molecule has 23 heavy (non-hydrogen) atoms. The lowest BCUT2D eigenvalue weighted by atomic mass is 9.98. The highest BCUT2D eigenvalue weighted by molar-refractivity contribution is 5.86. The topological polar surface area (TPSA) is 105 Å². The smallest absolute Gasteiger partial charge is 0.306 e. The summed E-state index contributed by atoms with van der Waals surface area (Å²) in [5.41, 5.74) is 0. The predicted octanol–water partition coefficient (Wildman–Crippen LogP) is 0.278. The Balaban J connectivity index is 2.67. The van der Waals surface area contributed by atoms with E-state index in [-0.39, 0.29) is 43.4 Å². The molecule has 3 N–H and O–H groups in total. The molecule has 0 bridgehead atoms. The van der Waals surface area contributed by atoms with Gasteiger partial charge in [0.05, 0.1) is 19.1 Å². The maximum absolute atomic E-state index is 12.2. The minimum atomic E-state index is -0.487. The minimum absolute atomic E-state index is 0.0503. The first kappa shape index (κ1) is 19.2. The molecule has 0 aromatic rings. The second-order valence-electron chi connectivity index (χ2n) is 5.84. The zero-order chi connectivity index (χ0) is 17.2. The number of ether oxygens (including phenoxy) is 1. The summed E-state index contributed by atoms with van der Waals surface area (Å²) in [6, 6.07) is -0.341. The van der Waals surface area contributed by atoms with Gasteiger partial charge in [0.25, 0.3) is 0 Å². The third-order valence-electron chi connectivity index (χ3n) is 3.48. The van der Waals surface area contributed by atoms with Crippen LogP contribution in [-0.2, 0) is 19.1 Å². The van der Waals surface area contributed by atoms with Crippen molar-refractivity contribution in [2.24, 2.45) is 5.92 Å². The van der Waals surface area contributed by atoms with Crippen molar-refractivity contribution in [3.8, 4) is 0 Å². The lowest BCUT2D eigenvalue weighted by molar-refractivity contribution is -0.148. The van der Waals surface area contributed by atoms with Crippen molar-refractivity contribution in [2.75, 3.05) is 13.2 Å². The third-order valence-corrected chi connectivity index (χ3v) is 3.48. The maximum atomic E-state index is 12.2. The highest BCUT2D eigenvalue weighted by Crippen LogP contribution is 2.12. The van der Waals surface area contributed by atoms with Gasteiger partial charge in [0.15, 0.2) is 0 Å². The van der Waals surface area contributed by atoms with Gasteiger partial charge in [0, 0.05) is 18.9 Å². The molecule has 130 valence electrons. The third kappa shape index (κ3) is 7.78. The lowest BCUT2D eigenvalue weighted by Gasteiger charge is -2.19. The van der Waals surface area contributed by atoms with E-state index in [1.54, 1.807) is 13.8 Å². The van der Waals surface area contributed by atoms with E-state index < -0.39 is 12.0 Å². The molecule has 0 aromatic heterocycles. The molecule has 1 aliphatic heterocycles. The Morgan fingerprint density at radius 1 is 1.48 bits per heavy atom. The number of carbonyl (C=O) groups is 3. The normalized spacial score (nSPS) is 24.7. The van der Waals surface area contributed by atoms with E-state index in [0.717, 1.165) is 0 Å². The fourth-order valence-corrected chi connectivity index (χ4v) is 2.18. The van der Waals surface area contributed by atoms with Crippen LogP contribution in [0.1, 0.15) is 39.5 Å². The zero-order valence-electron chi connectivity index (χ0n) is 13.7. The summed E-state index contributed by atoms with van der Waals surface area (Å²) in [5, 5.41) is 14.3. The minimum Gasteiger partial charge on any atom is -0.461 e. The molecule has 0 spiro atoms. The molecular weight excluding hydrogens is 300 g/mol. The zero-order valence-corrected chi connectivity index (χ0v) is 13.7. The Kier molecular flexibility index (Phi) is 8.32. The Hall–Kier alpha value is -1.89. The van der Waals surface area contributed by atoms with Crippen molar-refractivity contribution >= 4 is 17.8 Å². The SMILES string of the molecule is CC(CO)NC(=O)CC1CC=CCCC(=O)OC(C)CNC1=O. The second kappa shape index (κ2) is 9.99. The van der Waals surface area contributed by atoms with Gasteiger partial charge in [-0.15, -0.1) is 0 Å². The molecule has 1 aliphatic rings. The van der Waals surface area contributed by atoms with Gasteiger partial charge in [-0.05, 0) is 26.7 Å². The fraction of sp³-hybridized carbons (Fsp3) is 0.688. The highest BCUT2D eigenvalue weighted by Gasteiger charge is 2.22. The van der Waals surface area contributed by atoms with Gasteiger partial charge < -0.3 is 20.5 Å². The van der Waals surface area contributed by atoms with Crippen molar-refractivity contribution in [1.29, 1.82) is 0 Å². The Morgan fingerprint density at radius 3 is 2.91 bits per heavy atom. The number of nitrogens with one attached hydrogen (secondary N) is 2. The summed E-state index contributed by atoms with van der Waals surface area (Å²) in [7, 11) is 0. The van der Waals surface area contributed by atoms with Gasteiger partial charge in [-0.25, -0.2) is 0 Å². The van der Waals surface area contributed by atoms with Crippen molar-refractivity contribution in [2.45, 2.75) is 51.7 Å². The first-order valence-electron chi connectivity index (χ1n) is 7.94. The van der Waals surface area contributed by atoms with Gasteiger partial charge in [-0.3, -0.25) is 14.4 Å². The molecule has 7 nitrogen and oxygen atoms in total. The number of hydrogen-bond acceptors (Lipinski definition) is 5. The standard InChI is InChI=1S/C16H26N2O5/c1-11(10-19)18-14(20)8-13-6-4-3-5-7-15(21)23-12(2)9-17-16(13)22/h3-4,11-13,19H,5-10H2,1-2H3,(H,17,22)(H,18,20). The van der Waals surface area contributed by atoms with E-state index in [1.807, 2.05) is 12.2 Å². The predicted molar refractivity (Wildman–Crippen MR) is 84.4 cm³/mol. The number of esters is 1. The van der Waals surface area contributed by atoms with Gasteiger partial charge >= 0.3 is 5.97 Å². The number of rotatable bonds is 4. The van der Waals surface area contributed by atoms with Gasteiger partial charge in [-0.1, -0.05) is 12.2 Å². The van der Waals surface area contributed by atoms with Crippen molar-refractivity contribution in [1.82, 2.24) is 10.6 Å². The molecule has 0 saturated carbocycles. The summed E-state index contributed by atoms with van der Waals surface area (Å²) >= 11 is 0. The number of amides is 2. The van der Waals surface area contributed by atoms with Crippen LogP contribution in [0.4, 0.5) is 0 Å². The number of carbonyl (C=O) groups excluding carboxylic acids is 3. The Bertz CT molecular complexity index is 450. The summed E-state index contributed by atoms with van der Waals surface area (Å²) in [6.45, 7) is 3.48. The molecule has 3 atom stereocenters. The monoisotopic (exact) mass is 326 g/mol. The quantitative estimate of drug-likeness (QED) is 0.508. The van der Waals surface area contributed by atoms with E-state index in [0.29, 0.717) is 19.3 Å². The first-order valence-corrected chi connectivity index (χ1v) is 7.94. The molecule has 1 rings (SSSR count). The lowest BCUT2D eigenvalue weighted by Crippen LogP contribution is -2.41. The first-order chi connectivity index (χ1) is 10.9. The molecule has 0 saturated heterocycles. The van der Waals surface area contributed by atoms with E-state index in [2.05, 4.69) is 10.6 Å². The molecule has 0 radical (unpaired) electrons. The van der Waals surface area contributed by atoms with Crippen molar-refractivity contribution in [3.05, 3.63) is 12.2 Å². The molecule has 0 aliphatic carbocycles. The fourth-order valence-electron chi connectivity index (χ4n) is 2.18. The summed E-state index contributed by atoms with van der Waals surface area (Å²) in [5.74, 6) is -1.29. The Labute approximate surface area is 136 Å². The molecule has 0 fully saturated rings. The van der Waals surface area contributed by atoms with Crippen LogP contribution < -0.4 is 10.6 Å². The van der Waals surface area contributed by atoms with Crippen molar-refractivity contribution < 1.29 is 24.2 Å². The van der Waals surface area contributed by atoms with Crippen LogP contribution in [0.3, 0.4) is 0 Å². The largest absolute Gasteiger partial charge is 0.461 e. The van der Waals surface area contributed by atoms with Gasteiger partial charge in [0.1, 0.15) is 6.10 Å². The Morgan fingerprint density at radius 2 is 2.22 bits per heavy atom. The van der Waals surface area contributed by atoms with Crippen molar-refractivity contribution in [3.63, 3.8) is 0 Å². The van der Waals surface area contributed by atoms with Crippen LogP contribution in [-0.4, -0.2) is 48.2 Å². The summed E-state index contributed by atoms with van der Waals surface area (Å²) in [6.07, 6.45) is 4.55. The van der Waals surface area contributed by atoms with Crippen LogP contribution >= 0.6 is 0 Å². The molecule has 7 heteroatoms. The number of hydrogen-bond donors (Lipinski definition) is 3. The number of cyclic esters (lactones) is 1. The number of aliphatic hydroxyl groups is 1. The molecular formula is C16H26N2O5. The van der Waals surface area contributed by atoms with E-state index in [1.165, 1.54) is 0 Å². The number of aliphatic hydroxyl groups excluding tert-OH is 1. The van der Waals surface area contributed by atoms with Gasteiger partial charge in [0.2, 0.25) is 11.8 Å². The van der Waals surface area contributed by atoms with E-state index >= 15 is 0 Å². The van der Waals surface area contributed by atoms with Gasteiger partial charge in [-0.2, -0.15) is 0 Å². The maximum Gasteiger partial charge on any atom is 0.306 e.